The van der Waals surface area contributed by atoms with Crippen molar-refractivity contribution in [3.05, 3.63) is 94.9 Å². The van der Waals surface area contributed by atoms with Crippen LogP contribution in [0.25, 0.3) is 5.57 Å². The smallest absolute Gasteiger partial charge is 0.282 e. The monoisotopic (exact) mass is 444 g/mol. The molecule has 0 atom stereocenters. The molecule has 3 aromatic rings. The van der Waals surface area contributed by atoms with Gasteiger partial charge in [-0.2, -0.15) is 0 Å². The van der Waals surface area contributed by atoms with Crippen molar-refractivity contribution >= 4 is 28.8 Å². The number of nitrogens with zero attached hydrogens (tertiary/aromatic N) is 1. The van der Waals surface area contributed by atoms with Gasteiger partial charge in [0.2, 0.25) is 0 Å². The third-order valence-corrected chi connectivity index (χ3v) is 5.18. The number of benzene rings is 3. The van der Waals surface area contributed by atoms with Crippen LogP contribution >= 0.6 is 0 Å². The fourth-order valence-electron chi connectivity index (χ4n) is 3.88. The number of anilines is 2. The summed E-state index contributed by atoms with van der Waals surface area (Å²) in [5, 5.41) is 3.11. The first kappa shape index (κ1) is 22.3. The van der Waals surface area contributed by atoms with Gasteiger partial charge in [-0.25, -0.2) is 9.29 Å². The molecule has 1 N–H and O–H groups in total. The normalized spacial score (nSPS) is 13.8. The lowest BCUT2D eigenvalue weighted by molar-refractivity contribution is -0.120. The molecule has 1 aliphatic heterocycles. The molecule has 1 aliphatic rings. The predicted molar refractivity (Wildman–Crippen MR) is 128 cm³/mol. The minimum Gasteiger partial charge on any atom is -0.491 e. The summed E-state index contributed by atoms with van der Waals surface area (Å²) >= 11 is 0. The van der Waals surface area contributed by atoms with Gasteiger partial charge in [-0.3, -0.25) is 9.59 Å². The number of carbonyl (C=O) groups excluding carboxylic acids is 2. The van der Waals surface area contributed by atoms with Crippen molar-refractivity contribution in [2.45, 2.75) is 33.8 Å². The average molecular weight is 445 g/mol. The lowest BCUT2D eigenvalue weighted by atomic mass is 10.0. The van der Waals surface area contributed by atoms with Gasteiger partial charge in [-0.15, -0.1) is 0 Å². The Bertz CT molecular complexity index is 1230. The van der Waals surface area contributed by atoms with Crippen LogP contribution in [0.15, 0.2) is 72.4 Å². The molecule has 0 saturated heterocycles. The van der Waals surface area contributed by atoms with E-state index in [4.69, 9.17) is 4.74 Å². The van der Waals surface area contributed by atoms with E-state index in [1.807, 2.05) is 33.8 Å². The molecule has 5 nitrogen and oxygen atoms in total. The maximum atomic E-state index is 13.5. The maximum Gasteiger partial charge on any atom is 0.282 e. The molecular formula is C27H25FN2O3. The summed E-state index contributed by atoms with van der Waals surface area (Å²) in [5.74, 6) is -0.641. The van der Waals surface area contributed by atoms with Gasteiger partial charge in [-0.1, -0.05) is 18.2 Å². The number of ether oxygens (including phenoxy) is 1. The molecule has 3 aromatic carbocycles. The number of carbonyl (C=O) groups is 2. The molecule has 0 radical (unpaired) electrons. The summed E-state index contributed by atoms with van der Waals surface area (Å²) in [6, 6.07) is 18.3. The third kappa shape index (κ3) is 4.65. The second kappa shape index (κ2) is 8.90. The molecule has 0 aliphatic carbocycles. The summed E-state index contributed by atoms with van der Waals surface area (Å²) in [6.07, 6.45) is 0.0389. The fraction of sp³-hybridized carbons (Fsp3) is 0.185. The van der Waals surface area contributed by atoms with Gasteiger partial charge in [0.05, 0.1) is 17.4 Å². The van der Waals surface area contributed by atoms with Crippen LogP contribution in [0.1, 0.15) is 30.5 Å². The van der Waals surface area contributed by atoms with Crippen LogP contribution in [0, 0.1) is 19.7 Å². The highest BCUT2D eigenvalue weighted by Crippen LogP contribution is 2.34. The maximum absolute atomic E-state index is 13.5. The molecule has 33 heavy (non-hydrogen) atoms. The van der Waals surface area contributed by atoms with Crippen LogP contribution in [0.3, 0.4) is 0 Å². The Morgan fingerprint density at radius 1 is 0.848 bits per heavy atom. The fourth-order valence-corrected chi connectivity index (χ4v) is 3.88. The Morgan fingerprint density at radius 3 is 2.03 bits per heavy atom. The lowest BCUT2D eigenvalue weighted by Gasteiger charge is -2.17. The van der Waals surface area contributed by atoms with E-state index >= 15 is 0 Å². The van der Waals surface area contributed by atoms with E-state index in [2.05, 4.69) is 5.32 Å². The number of hydrogen-bond donors (Lipinski definition) is 1. The topological polar surface area (TPSA) is 58.6 Å². The van der Waals surface area contributed by atoms with Crippen LogP contribution in [0.5, 0.6) is 5.75 Å². The molecule has 0 spiro atoms. The Balaban J connectivity index is 1.76. The molecule has 0 fully saturated rings. The predicted octanol–water partition coefficient (Wildman–Crippen LogP) is 5.63. The van der Waals surface area contributed by atoms with Crippen molar-refractivity contribution < 1.29 is 18.7 Å². The highest BCUT2D eigenvalue weighted by atomic mass is 19.1. The zero-order chi connectivity index (χ0) is 23.7. The van der Waals surface area contributed by atoms with E-state index in [-0.39, 0.29) is 17.4 Å². The van der Waals surface area contributed by atoms with E-state index in [1.54, 1.807) is 36.4 Å². The Kier molecular flexibility index (Phi) is 6.01. The van der Waals surface area contributed by atoms with Crippen molar-refractivity contribution in [2.75, 3.05) is 10.2 Å². The Morgan fingerprint density at radius 2 is 1.45 bits per heavy atom. The van der Waals surface area contributed by atoms with Crippen molar-refractivity contribution in [3.63, 3.8) is 0 Å². The Hall–Kier alpha value is -3.93. The number of rotatable bonds is 6. The molecule has 2 amide bonds. The van der Waals surface area contributed by atoms with E-state index < -0.39 is 17.6 Å². The second-order valence-corrected chi connectivity index (χ2v) is 8.36. The van der Waals surface area contributed by atoms with Crippen molar-refractivity contribution in [3.8, 4) is 5.75 Å². The van der Waals surface area contributed by atoms with Gasteiger partial charge in [0.1, 0.15) is 17.3 Å². The number of aryl methyl sites for hydroxylation is 2. The SMILES string of the molecule is Cc1cc(C)cc(N2C(=O)C(Nc3ccc(OC(C)C)cc3)=C(c3ccc(F)cc3)C2=O)c1. The molecule has 6 heteroatoms. The first-order chi connectivity index (χ1) is 15.7. The van der Waals surface area contributed by atoms with Crippen LogP contribution in [-0.4, -0.2) is 17.9 Å². The van der Waals surface area contributed by atoms with Gasteiger partial charge < -0.3 is 10.1 Å². The van der Waals surface area contributed by atoms with Crippen LogP contribution in [0.2, 0.25) is 0 Å². The van der Waals surface area contributed by atoms with Gasteiger partial charge in [-0.05, 0) is 92.9 Å². The Labute approximate surface area is 192 Å². The minimum atomic E-state index is -0.466. The number of nitrogens with one attached hydrogen (secondary N) is 1. The van der Waals surface area contributed by atoms with E-state index in [1.165, 1.54) is 24.3 Å². The number of hydrogen-bond acceptors (Lipinski definition) is 4. The molecular weight excluding hydrogens is 419 g/mol. The van der Waals surface area contributed by atoms with E-state index in [0.29, 0.717) is 22.7 Å². The van der Waals surface area contributed by atoms with Gasteiger partial charge in [0, 0.05) is 5.69 Å². The molecule has 0 unspecified atom stereocenters. The summed E-state index contributed by atoms with van der Waals surface area (Å²) in [4.78, 5) is 28.2. The van der Waals surface area contributed by atoms with Gasteiger partial charge in [0.25, 0.3) is 11.8 Å². The van der Waals surface area contributed by atoms with Crippen molar-refractivity contribution in [1.82, 2.24) is 0 Å². The molecule has 0 bridgehead atoms. The summed E-state index contributed by atoms with van der Waals surface area (Å²) in [5.41, 5.74) is 3.81. The van der Waals surface area contributed by atoms with Crippen molar-refractivity contribution in [1.29, 1.82) is 0 Å². The molecule has 0 saturated carbocycles. The minimum absolute atomic E-state index is 0.0389. The van der Waals surface area contributed by atoms with Crippen LogP contribution in [0.4, 0.5) is 15.8 Å². The summed E-state index contributed by atoms with van der Waals surface area (Å²) in [7, 11) is 0. The largest absolute Gasteiger partial charge is 0.491 e. The number of halogens is 1. The standard InChI is InChI=1S/C27H25FN2O3/c1-16(2)33-23-11-9-21(10-12-23)29-25-24(19-5-7-20(28)8-6-19)26(31)30(27(25)32)22-14-17(3)13-18(4)15-22/h5-16,29H,1-4H3. The highest BCUT2D eigenvalue weighted by molar-refractivity contribution is 6.46. The van der Waals surface area contributed by atoms with Crippen LogP contribution < -0.4 is 15.0 Å². The molecule has 4 rings (SSSR count). The highest BCUT2D eigenvalue weighted by Gasteiger charge is 2.40. The first-order valence-corrected chi connectivity index (χ1v) is 10.7. The second-order valence-electron chi connectivity index (χ2n) is 8.36. The van der Waals surface area contributed by atoms with Crippen LogP contribution in [-0.2, 0) is 9.59 Å². The third-order valence-electron chi connectivity index (χ3n) is 5.18. The lowest BCUT2D eigenvalue weighted by Crippen LogP contribution is -2.32. The van der Waals surface area contributed by atoms with Gasteiger partial charge in [0.15, 0.2) is 0 Å². The number of amides is 2. The molecule has 1 heterocycles. The number of imide groups is 1. The zero-order valence-corrected chi connectivity index (χ0v) is 19.0. The van der Waals surface area contributed by atoms with Gasteiger partial charge >= 0.3 is 0 Å². The van der Waals surface area contributed by atoms with E-state index in [0.717, 1.165) is 16.0 Å². The van der Waals surface area contributed by atoms with Crippen molar-refractivity contribution in [2.24, 2.45) is 0 Å². The molecule has 168 valence electrons. The average Bonchev–Trinajstić information content (AvgIpc) is 2.98. The van der Waals surface area contributed by atoms with E-state index in [9.17, 15) is 14.0 Å². The zero-order valence-electron chi connectivity index (χ0n) is 19.0. The first-order valence-electron chi connectivity index (χ1n) is 10.7. The quantitative estimate of drug-likeness (QED) is 0.501. The summed E-state index contributed by atoms with van der Waals surface area (Å²) < 4.78 is 19.2. The summed E-state index contributed by atoms with van der Waals surface area (Å²) in [6.45, 7) is 7.71. The molecule has 0 aromatic heterocycles.